The van der Waals surface area contributed by atoms with Gasteiger partial charge in [-0.3, -0.25) is 4.98 Å². The summed E-state index contributed by atoms with van der Waals surface area (Å²) < 4.78 is 5.18. The van der Waals surface area contributed by atoms with E-state index in [-0.39, 0.29) is 0 Å². The van der Waals surface area contributed by atoms with Gasteiger partial charge in [-0.15, -0.1) is 0 Å². The van der Waals surface area contributed by atoms with Crippen LogP contribution in [0.25, 0.3) is 0 Å². The summed E-state index contributed by atoms with van der Waals surface area (Å²) in [6, 6.07) is 12.8. The van der Waals surface area contributed by atoms with Crippen LogP contribution in [0.5, 0.6) is 5.75 Å². The van der Waals surface area contributed by atoms with Gasteiger partial charge in [-0.2, -0.15) is 0 Å². The number of aryl methyl sites for hydroxylation is 1. The predicted octanol–water partition coefficient (Wildman–Crippen LogP) is 3.37. The van der Waals surface area contributed by atoms with Crippen molar-refractivity contribution in [1.29, 1.82) is 0 Å². The molecule has 2 rings (SSSR count). The summed E-state index contributed by atoms with van der Waals surface area (Å²) in [5.41, 5.74) is 3.79. The zero-order valence-electron chi connectivity index (χ0n) is 13.1. The van der Waals surface area contributed by atoms with Crippen molar-refractivity contribution in [1.82, 2.24) is 10.3 Å². The molecule has 1 atom stereocenters. The Morgan fingerprint density at radius 1 is 1.19 bits per heavy atom. The topological polar surface area (TPSA) is 34.2 Å². The molecule has 0 aliphatic rings. The van der Waals surface area contributed by atoms with Crippen LogP contribution in [0, 0.1) is 0 Å². The van der Waals surface area contributed by atoms with Crippen LogP contribution in [-0.2, 0) is 19.4 Å². The second-order valence-electron chi connectivity index (χ2n) is 5.30. The van der Waals surface area contributed by atoms with Crippen molar-refractivity contribution in [2.75, 3.05) is 7.11 Å². The van der Waals surface area contributed by atoms with Gasteiger partial charge < -0.3 is 10.1 Å². The number of rotatable bonds is 7. The molecule has 112 valence electrons. The molecule has 0 aliphatic heterocycles. The third-order valence-corrected chi connectivity index (χ3v) is 3.68. The molecule has 0 aliphatic carbocycles. The molecule has 1 aromatic heterocycles. The molecule has 0 fully saturated rings. The summed E-state index contributed by atoms with van der Waals surface area (Å²) in [4.78, 5) is 4.47. The van der Waals surface area contributed by atoms with E-state index in [1.54, 1.807) is 7.11 Å². The van der Waals surface area contributed by atoms with E-state index in [0.29, 0.717) is 6.04 Å². The number of nitrogens with one attached hydrogen (secondary N) is 1. The number of benzene rings is 1. The summed E-state index contributed by atoms with van der Waals surface area (Å²) in [5, 5.41) is 3.56. The van der Waals surface area contributed by atoms with E-state index in [0.717, 1.165) is 30.8 Å². The number of hydrogen-bond acceptors (Lipinski definition) is 3. The van der Waals surface area contributed by atoms with Gasteiger partial charge in [-0.25, -0.2) is 0 Å². The second-order valence-corrected chi connectivity index (χ2v) is 5.30. The number of ether oxygens (including phenoxy) is 1. The van der Waals surface area contributed by atoms with E-state index in [4.69, 9.17) is 4.74 Å². The molecule has 1 aromatic carbocycles. The molecule has 21 heavy (non-hydrogen) atoms. The van der Waals surface area contributed by atoms with Gasteiger partial charge in [0, 0.05) is 18.8 Å². The Labute approximate surface area is 127 Å². The zero-order valence-corrected chi connectivity index (χ0v) is 13.1. The summed E-state index contributed by atoms with van der Waals surface area (Å²) in [7, 11) is 1.69. The van der Waals surface area contributed by atoms with E-state index in [1.165, 1.54) is 11.1 Å². The molecule has 2 aromatic rings. The van der Waals surface area contributed by atoms with Crippen LogP contribution in [0.3, 0.4) is 0 Å². The SMILES string of the molecule is CCc1cccnc1CNC(C)Cc1ccc(OC)cc1. The summed E-state index contributed by atoms with van der Waals surface area (Å²) in [6.07, 6.45) is 3.89. The maximum atomic E-state index is 5.18. The van der Waals surface area contributed by atoms with Crippen LogP contribution in [-0.4, -0.2) is 18.1 Å². The molecule has 0 radical (unpaired) electrons. The number of hydrogen-bond donors (Lipinski definition) is 1. The molecule has 1 heterocycles. The molecule has 1 unspecified atom stereocenters. The molecule has 0 bridgehead atoms. The van der Waals surface area contributed by atoms with E-state index in [1.807, 2.05) is 24.4 Å². The minimum absolute atomic E-state index is 0.408. The van der Waals surface area contributed by atoms with Crippen LogP contribution in [0.4, 0.5) is 0 Å². The van der Waals surface area contributed by atoms with E-state index in [2.05, 4.69) is 42.3 Å². The Kier molecular flexibility index (Phi) is 5.76. The van der Waals surface area contributed by atoms with Crippen LogP contribution in [0.1, 0.15) is 30.7 Å². The Bertz CT molecular complexity index is 551. The van der Waals surface area contributed by atoms with Crippen LogP contribution in [0.15, 0.2) is 42.6 Å². The van der Waals surface area contributed by atoms with Crippen LogP contribution in [0.2, 0.25) is 0 Å². The average molecular weight is 284 g/mol. The largest absolute Gasteiger partial charge is 0.497 e. The van der Waals surface area contributed by atoms with Crippen LogP contribution < -0.4 is 10.1 Å². The Balaban J connectivity index is 1.87. The number of nitrogens with zero attached hydrogens (tertiary/aromatic N) is 1. The highest BCUT2D eigenvalue weighted by atomic mass is 16.5. The van der Waals surface area contributed by atoms with E-state index >= 15 is 0 Å². The smallest absolute Gasteiger partial charge is 0.118 e. The van der Waals surface area contributed by atoms with Gasteiger partial charge in [-0.1, -0.05) is 25.1 Å². The fourth-order valence-corrected chi connectivity index (χ4v) is 2.41. The lowest BCUT2D eigenvalue weighted by atomic mass is 10.1. The highest BCUT2D eigenvalue weighted by molar-refractivity contribution is 5.27. The molecule has 0 saturated carbocycles. The number of methoxy groups -OCH3 is 1. The van der Waals surface area contributed by atoms with E-state index in [9.17, 15) is 0 Å². The first-order valence-corrected chi connectivity index (χ1v) is 7.52. The first kappa shape index (κ1) is 15.5. The average Bonchev–Trinajstić information content (AvgIpc) is 2.54. The van der Waals surface area contributed by atoms with Gasteiger partial charge in [0.15, 0.2) is 0 Å². The minimum atomic E-state index is 0.408. The minimum Gasteiger partial charge on any atom is -0.497 e. The summed E-state index contributed by atoms with van der Waals surface area (Å²) in [5.74, 6) is 0.903. The van der Waals surface area contributed by atoms with Gasteiger partial charge >= 0.3 is 0 Å². The molecule has 0 saturated heterocycles. The maximum absolute atomic E-state index is 5.18. The van der Waals surface area contributed by atoms with E-state index < -0.39 is 0 Å². The number of pyridine rings is 1. The van der Waals surface area contributed by atoms with Crippen molar-refractivity contribution in [3.8, 4) is 5.75 Å². The summed E-state index contributed by atoms with van der Waals surface area (Å²) in [6.45, 7) is 5.20. The van der Waals surface area contributed by atoms with Crippen molar-refractivity contribution < 1.29 is 4.74 Å². The first-order chi connectivity index (χ1) is 10.2. The molecule has 0 spiro atoms. The van der Waals surface area contributed by atoms with Crippen molar-refractivity contribution in [2.45, 2.75) is 39.3 Å². The Morgan fingerprint density at radius 3 is 2.62 bits per heavy atom. The lowest BCUT2D eigenvalue weighted by molar-refractivity contribution is 0.414. The third-order valence-electron chi connectivity index (χ3n) is 3.68. The van der Waals surface area contributed by atoms with Gasteiger partial charge in [0.1, 0.15) is 5.75 Å². The Hall–Kier alpha value is -1.87. The second kappa shape index (κ2) is 7.79. The third kappa shape index (κ3) is 4.57. The van der Waals surface area contributed by atoms with Gasteiger partial charge in [-0.05, 0) is 49.1 Å². The normalized spacial score (nSPS) is 12.1. The molecular formula is C18H24N2O. The quantitative estimate of drug-likeness (QED) is 0.846. The van der Waals surface area contributed by atoms with Crippen molar-refractivity contribution in [2.24, 2.45) is 0 Å². The highest BCUT2D eigenvalue weighted by Crippen LogP contribution is 2.13. The molecule has 3 nitrogen and oxygen atoms in total. The zero-order chi connectivity index (χ0) is 15.1. The summed E-state index contributed by atoms with van der Waals surface area (Å²) >= 11 is 0. The molecule has 1 N–H and O–H groups in total. The monoisotopic (exact) mass is 284 g/mol. The van der Waals surface area contributed by atoms with Gasteiger partial charge in [0.2, 0.25) is 0 Å². The standard InChI is InChI=1S/C18H24N2O/c1-4-16-6-5-11-19-18(16)13-20-14(2)12-15-7-9-17(21-3)10-8-15/h5-11,14,20H,4,12-13H2,1-3H3. The Morgan fingerprint density at radius 2 is 1.95 bits per heavy atom. The fourth-order valence-electron chi connectivity index (χ4n) is 2.41. The lowest BCUT2D eigenvalue weighted by Crippen LogP contribution is -2.28. The lowest BCUT2D eigenvalue weighted by Gasteiger charge is -2.15. The van der Waals surface area contributed by atoms with Crippen molar-refractivity contribution >= 4 is 0 Å². The fraction of sp³-hybridized carbons (Fsp3) is 0.389. The first-order valence-electron chi connectivity index (χ1n) is 7.52. The maximum Gasteiger partial charge on any atom is 0.118 e. The molecule has 0 amide bonds. The van der Waals surface area contributed by atoms with Crippen LogP contribution >= 0.6 is 0 Å². The molecule has 3 heteroatoms. The van der Waals surface area contributed by atoms with Crippen molar-refractivity contribution in [3.63, 3.8) is 0 Å². The number of aromatic nitrogens is 1. The predicted molar refractivity (Wildman–Crippen MR) is 86.6 cm³/mol. The van der Waals surface area contributed by atoms with Gasteiger partial charge in [0.05, 0.1) is 12.8 Å². The highest BCUT2D eigenvalue weighted by Gasteiger charge is 2.06. The molecular weight excluding hydrogens is 260 g/mol. The van der Waals surface area contributed by atoms with Crippen molar-refractivity contribution in [3.05, 3.63) is 59.4 Å². The van der Waals surface area contributed by atoms with Gasteiger partial charge in [0.25, 0.3) is 0 Å².